The van der Waals surface area contributed by atoms with Crippen molar-refractivity contribution in [3.05, 3.63) is 72.9 Å². The lowest BCUT2D eigenvalue weighted by Crippen LogP contribution is -2.43. The zero-order chi connectivity index (χ0) is 25.4. The van der Waals surface area contributed by atoms with Crippen molar-refractivity contribution in [2.45, 2.75) is 39.3 Å². The molecule has 182 valence electrons. The number of fused-ring (bicyclic) bond motifs is 2. The molecule has 1 atom stereocenters. The van der Waals surface area contributed by atoms with E-state index in [1.807, 2.05) is 0 Å². The summed E-state index contributed by atoms with van der Waals surface area (Å²) in [7, 11) is 1.58. The Morgan fingerprint density at radius 2 is 1.91 bits per heavy atom. The number of aromatic nitrogens is 4. The summed E-state index contributed by atoms with van der Waals surface area (Å²) < 4.78 is 1.39. The first-order valence-electron chi connectivity index (χ1n) is 10.9. The van der Waals surface area contributed by atoms with Crippen LogP contribution >= 0.6 is 0 Å². The minimum Gasteiger partial charge on any atom is -0.480 e. The van der Waals surface area contributed by atoms with E-state index in [0.29, 0.717) is 38.9 Å². The van der Waals surface area contributed by atoms with Gasteiger partial charge in [0.2, 0.25) is 5.91 Å². The number of carbonyl (C=O) groups excluding carboxylic acids is 1. The maximum Gasteiger partial charge on any atom is 0.326 e. The normalized spacial score (nSPS) is 12.2. The molecule has 0 aliphatic carbocycles. The lowest BCUT2D eigenvalue weighted by molar-refractivity contribution is -0.141. The van der Waals surface area contributed by atoms with Gasteiger partial charge in [-0.1, -0.05) is 18.2 Å². The zero-order valence-electron chi connectivity index (χ0n) is 19.4. The van der Waals surface area contributed by atoms with Crippen LogP contribution in [0.1, 0.15) is 27.9 Å². The summed E-state index contributed by atoms with van der Waals surface area (Å²) in [6.45, 7) is 3.16. The van der Waals surface area contributed by atoms with Crippen LogP contribution in [0.2, 0.25) is 0 Å². The molecule has 35 heavy (non-hydrogen) atoms. The number of aryl methyl sites for hydroxylation is 3. The van der Waals surface area contributed by atoms with Crippen molar-refractivity contribution < 1.29 is 19.8 Å². The first-order chi connectivity index (χ1) is 16.6. The highest BCUT2D eigenvalue weighted by atomic mass is 16.4. The molecule has 0 saturated heterocycles. The number of nitrogens with zero attached hydrogens (tertiary/aromatic N) is 2. The molecule has 0 radical (unpaired) electrons. The number of carboxylic acid groups (broad SMARTS) is 1. The topological polar surface area (TPSA) is 170 Å². The fourth-order valence-electron chi connectivity index (χ4n) is 4.39. The van der Waals surface area contributed by atoms with Gasteiger partial charge in [-0.3, -0.25) is 29.1 Å². The number of amides is 1. The van der Waals surface area contributed by atoms with Gasteiger partial charge in [-0.25, -0.2) is 4.79 Å². The van der Waals surface area contributed by atoms with Gasteiger partial charge in [-0.15, -0.1) is 0 Å². The number of aliphatic carboxylic acids is 1. The molecule has 1 amide bonds. The minimum atomic E-state index is -1.28. The number of rotatable bonds is 7. The second kappa shape index (κ2) is 9.18. The predicted molar refractivity (Wildman–Crippen MR) is 128 cm³/mol. The molecule has 4 rings (SSSR count). The number of aliphatic hydroxyl groups is 1. The third-order valence-electron chi connectivity index (χ3n) is 6.10. The second-order valence-corrected chi connectivity index (χ2v) is 8.51. The molecule has 0 aliphatic rings. The fraction of sp³-hybridized carbons (Fsp3) is 0.292. The number of carboxylic acids is 1. The number of pyridine rings is 2. The Morgan fingerprint density at radius 3 is 2.60 bits per heavy atom. The van der Waals surface area contributed by atoms with Gasteiger partial charge in [0.15, 0.2) is 0 Å². The van der Waals surface area contributed by atoms with Crippen molar-refractivity contribution in [3.63, 3.8) is 0 Å². The van der Waals surface area contributed by atoms with E-state index in [0.717, 1.165) is 0 Å². The highest BCUT2D eigenvalue weighted by Crippen LogP contribution is 2.23. The van der Waals surface area contributed by atoms with E-state index in [9.17, 15) is 29.4 Å². The van der Waals surface area contributed by atoms with Crippen molar-refractivity contribution in [2.75, 3.05) is 0 Å². The Bertz CT molecular complexity index is 1600. The first kappa shape index (κ1) is 23.9. The Balaban J connectivity index is 1.62. The van der Waals surface area contributed by atoms with Gasteiger partial charge >= 0.3 is 5.97 Å². The Kier molecular flexibility index (Phi) is 6.27. The van der Waals surface area contributed by atoms with Gasteiger partial charge in [0.1, 0.15) is 11.7 Å². The number of aliphatic hydroxyl groups excluding tert-OH is 1. The molecule has 11 heteroatoms. The van der Waals surface area contributed by atoms with Crippen LogP contribution in [0, 0.1) is 13.8 Å². The van der Waals surface area contributed by atoms with Crippen LogP contribution in [0.25, 0.3) is 21.9 Å². The van der Waals surface area contributed by atoms with E-state index in [-0.39, 0.29) is 24.0 Å². The monoisotopic (exact) mass is 479 g/mol. The third kappa shape index (κ3) is 4.45. The molecule has 0 saturated carbocycles. The van der Waals surface area contributed by atoms with Crippen LogP contribution in [0.5, 0.6) is 0 Å². The molecule has 4 aromatic rings. The predicted octanol–water partition coefficient (Wildman–Crippen LogP) is 0.567. The molecule has 3 aromatic heterocycles. The SMILES string of the molecule is Cc1cc(CO)c2cccc(C[C@H](NC(=O)Cc3c(C)c4c(=O)[nH]n(C)c4[nH]c3=O)C(=O)O)c2n1. The average Bonchev–Trinajstić information content (AvgIpc) is 3.08. The molecule has 0 aliphatic heterocycles. The van der Waals surface area contributed by atoms with Crippen molar-refractivity contribution in [1.29, 1.82) is 0 Å². The molecule has 5 N–H and O–H groups in total. The quantitative estimate of drug-likeness (QED) is 0.258. The molecule has 1 aromatic carbocycles. The van der Waals surface area contributed by atoms with Crippen LogP contribution in [0.4, 0.5) is 0 Å². The van der Waals surface area contributed by atoms with E-state index in [1.165, 1.54) is 4.68 Å². The average molecular weight is 479 g/mol. The summed E-state index contributed by atoms with van der Waals surface area (Å²) in [5.41, 5.74) is 2.32. The van der Waals surface area contributed by atoms with Gasteiger partial charge in [0, 0.05) is 30.1 Å². The molecule has 3 heterocycles. The number of aromatic amines is 2. The maximum atomic E-state index is 12.8. The summed E-state index contributed by atoms with van der Waals surface area (Å²) in [6.07, 6.45) is -0.441. The minimum absolute atomic E-state index is 0.0491. The molecule has 11 nitrogen and oxygen atoms in total. The lowest BCUT2D eigenvalue weighted by atomic mass is 9.99. The molecule has 0 spiro atoms. The summed E-state index contributed by atoms with van der Waals surface area (Å²) in [5, 5.41) is 25.5. The fourth-order valence-corrected chi connectivity index (χ4v) is 4.39. The second-order valence-electron chi connectivity index (χ2n) is 8.51. The van der Waals surface area contributed by atoms with Crippen LogP contribution in [0.3, 0.4) is 0 Å². The van der Waals surface area contributed by atoms with E-state index < -0.39 is 35.5 Å². The van der Waals surface area contributed by atoms with Crippen LogP contribution < -0.4 is 16.4 Å². The van der Waals surface area contributed by atoms with Gasteiger partial charge in [-0.2, -0.15) is 0 Å². The first-order valence-corrected chi connectivity index (χ1v) is 10.9. The van der Waals surface area contributed by atoms with E-state index in [4.69, 9.17) is 0 Å². The van der Waals surface area contributed by atoms with Crippen molar-refractivity contribution >= 4 is 33.8 Å². The van der Waals surface area contributed by atoms with Crippen molar-refractivity contribution in [2.24, 2.45) is 7.05 Å². The van der Waals surface area contributed by atoms with E-state index in [1.54, 1.807) is 45.2 Å². The molecule has 0 bridgehead atoms. The summed E-state index contributed by atoms with van der Waals surface area (Å²) in [4.78, 5) is 56.7. The number of carbonyl (C=O) groups is 2. The number of nitrogens with one attached hydrogen (secondary N) is 3. The van der Waals surface area contributed by atoms with Crippen LogP contribution in [-0.4, -0.2) is 47.9 Å². The lowest BCUT2D eigenvalue weighted by Gasteiger charge is -2.17. The summed E-state index contributed by atoms with van der Waals surface area (Å²) in [6, 6.07) is 5.74. The number of hydrogen-bond acceptors (Lipinski definition) is 6. The van der Waals surface area contributed by atoms with Gasteiger partial charge in [0.05, 0.1) is 23.9 Å². The highest BCUT2D eigenvalue weighted by Gasteiger charge is 2.24. The number of hydrogen-bond donors (Lipinski definition) is 5. The number of H-pyrrole nitrogens is 2. The van der Waals surface area contributed by atoms with E-state index >= 15 is 0 Å². The number of benzene rings is 1. The van der Waals surface area contributed by atoms with Crippen molar-refractivity contribution in [1.82, 2.24) is 25.1 Å². The zero-order valence-corrected chi connectivity index (χ0v) is 19.4. The molecule has 0 unspecified atom stereocenters. The number of para-hydroxylation sites is 1. The van der Waals surface area contributed by atoms with Crippen LogP contribution in [0.15, 0.2) is 33.9 Å². The summed E-state index contributed by atoms with van der Waals surface area (Å²) in [5.74, 6) is -1.91. The Hall–Kier alpha value is -4.25. The van der Waals surface area contributed by atoms with Gasteiger partial charge < -0.3 is 20.5 Å². The van der Waals surface area contributed by atoms with Gasteiger partial charge in [0.25, 0.3) is 11.1 Å². The summed E-state index contributed by atoms with van der Waals surface area (Å²) >= 11 is 0. The van der Waals surface area contributed by atoms with E-state index in [2.05, 4.69) is 20.4 Å². The Labute approximate surface area is 198 Å². The smallest absolute Gasteiger partial charge is 0.326 e. The molecule has 0 fully saturated rings. The van der Waals surface area contributed by atoms with Crippen LogP contribution in [-0.2, 0) is 36.1 Å². The third-order valence-corrected chi connectivity index (χ3v) is 6.10. The largest absolute Gasteiger partial charge is 0.480 e. The molecular weight excluding hydrogens is 454 g/mol. The standard InChI is InChI=1S/C24H25N5O6/c1-11-7-14(10-30)15-6-4-5-13(20(15)25-11)8-17(24(34)35)26-18(31)9-16-12(2)19-21(27-22(16)32)29(3)28-23(19)33/h4-7,17,30H,8-10H2,1-3H3,(H,26,31)(H,27,32)(H,28,33)(H,34,35)/t17-/m0/s1. The van der Waals surface area contributed by atoms with Crippen molar-refractivity contribution in [3.8, 4) is 0 Å². The Morgan fingerprint density at radius 1 is 1.17 bits per heavy atom. The molecular formula is C24H25N5O6. The maximum absolute atomic E-state index is 12.8. The highest BCUT2D eigenvalue weighted by molar-refractivity contribution is 5.89. The van der Waals surface area contributed by atoms with Gasteiger partial charge in [-0.05, 0) is 36.6 Å².